The van der Waals surface area contributed by atoms with Crippen LogP contribution >= 0.6 is 0 Å². The first-order valence-corrected chi connectivity index (χ1v) is 4.43. The van der Waals surface area contributed by atoms with Crippen molar-refractivity contribution < 1.29 is 14.7 Å². The topological polar surface area (TPSA) is 57.6 Å². The number of carbonyl (C=O) groups is 2. The molecule has 0 radical (unpaired) electrons. The Morgan fingerprint density at radius 1 is 1.36 bits per heavy atom. The molecule has 0 amide bonds. The fraction of sp³-hybridized carbons (Fsp3) is 0.600. The Kier molecular flexibility index (Phi) is 13.0. The molecule has 0 spiro atoms. The van der Waals surface area contributed by atoms with Gasteiger partial charge in [-0.15, -0.1) is 0 Å². The number of hydrogen-bond donors (Lipinski definition) is 1. The second-order valence-electron chi connectivity index (χ2n) is 3.19. The van der Waals surface area contributed by atoms with E-state index < -0.39 is 5.97 Å². The molecule has 0 aromatic rings. The van der Waals surface area contributed by atoms with Crippen molar-refractivity contribution in [2.75, 3.05) is 21.1 Å². The Bertz CT molecular complexity index is 173. The van der Waals surface area contributed by atoms with E-state index in [9.17, 15) is 9.59 Å². The van der Waals surface area contributed by atoms with Crippen molar-refractivity contribution in [2.45, 2.75) is 19.3 Å². The number of carbonyl (C=O) groups excluding carboxylic acids is 1. The van der Waals surface area contributed by atoms with Crippen LogP contribution in [0.4, 0.5) is 0 Å². The molecule has 1 N–H and O–H groups in total. The van der Waals surface area contributed by atoms with E-state index in [0.717, 1.165) is 0 Å². The molecule has 0 aliphatic heterocycles. The molecular weight excluding hydrogens is 182 g/mol. The molecule has 0 saturated carbocycles. The van der Waals surface area contributed by atoms with Crippen LogP contribution in [0.1, 0.15) is 19.3 Å². The minimum Gasteiger partial charge on any atom is -0.481 e. The van der Waals surface area contributed by atoms with E-state index >= 15 is 0 Å². The summed E-state index contributed by atoms with van der Waals surface area (Å²) in [6.45, 7) is 0. The van der Waals surface area contributed by atoms with Gasteiger partial charge in [-0.1, -0.05) is 6.08 Å². The Morgan fingerprint density at radius 3 is 2.21 bits per heavy atom. The third kappa shape index (κ3) is 30.8. The molecule has 0 bridgehead atoms. The summed E-state index contributed by atoms with van der Waals surface area (Å²) in [5.74, 6) is -0.792. The Morgan fingerprint density at radius 2 is 1.86 bits per heavy atom. The van der Waals surface area contributed by atoms with E-state index in [0.29, 0.717) is 19.1 Å². The minimum atomic E-state index is -0.792. The molecule has 0 unspecified atom stereocenters. The first-order chi connectivity index (χ1) is 6.50. The lowest BCUT2D eigenvalue weighted by Crippen LogP contribution is -1.99. The van der Waals surface area contributed by atoms with Gasteiger partial charge in [-0.2, -0.15) is 0 Å². The summed E-state index contributed by atoms with van der Waals surface area (Å²) in [6, 6.07) is 0. The molecule has 0 rings (SSSR count). The fourth-order valence-electron chi connectivity index (χ4n) is 0.523. The maximum atomic E-state index is 9.94. The minimum absolute atomic E-state index is 0.170. The largest absolute Gasteiger partial charge is 0.481 e. The van der Waals surface area contributed by atoms with Crippen LogP contribution in [0.5, 0.6) is 0 Å². The number of carboxylic acid groups (broad SMARTS) is 1. The molecule has 0 heterocycles. The molecule has 0 aromatic heterocycles. The summed E-state index contributed by atoms with van der Waals surface area (Å²) in [5.41, 5.74) is 0. The Hall–Kier alpha value is -1.16. The molecule has 14 heavy (non-hydrogen) atoms. The summed E-state index contributed by atoms with van der Waals surface area (Å²) in [4.78, 5) is 21.6. The molecule has 0 saturated heterocycles. The third-order valence-corrected chi connectivity index (χ3v) is 0.976. The number of carboxylic acids is 1. The van der Waals surface area contributed by atoms with Gasteiger partial charge in [-0.3, -0.25) is 9.59 Å². The Labute approximate surface area is 85.2 Å². The van der Waals surface area contributed by atoms with E-state index in [1.54, 1.807) is 6.08 Å². The van der Waals surface area contributed by atoms with E-state index in [2.05, 4.69) is 0 Å². The molecule has 0 fully saturated rings. The standard InChI is InChI=1S/C7H10O3.C3H9N/c8-6-4-2-1-3-5-7(9)10;1-4(2)3/h2,4,6H,1,3,5H2,(H,9,10);1-3H3/b4-2+;. The van der Waals surface area contributed by atoms with Gasteiger partial charge in [0.1, 0.15) is 6.29 Å². The number of unbranched alkanes of at least 4 members (excludes halogenated alkanes) is 1. The first kappa shape index (κ1) is 15.3. The van der Waals surface area contributed by atoms with Gasteiger partial charge in [0.05, 0.1) is 0 Å². The average Bonchev–Trinajstić information content (AvgIpc) is 2.02. The predicted molar refractivity (Wildman–Crippen MR) is 56.3 cm³/mol. The van der Waals surface area contributed by atoms with E-state index in [1.807, 2.05) is 26.0 Å². The summed E-state index contributed by atoms with van der Waals surface area (Å²) >= 11 is 0. The van der Waals surface area contributed by atoms with Crippen molar-refractivity contribution in [3.8, 4) is 0 Å². The predicted octanol–water partition coefficient (Wildman–Crippen LogP) is 1.17. The van der Waals surface area contributed by atoms with Gasteiger partial charge in [-0.05, 0) is 40.1 Å². The van der Waals surface area contributed by atoms with Crippen molar-refractivity contribution in [3.63, 3.8) is 0 Å². The second kappa shape index (κ2) is 11.8. The van der Waals surface area contributed by atoms with Crippen LogP contribution < -0.4 is 0 Å². The van der Waals surface area contributed by atoms with Gasteiger partial charge in [-0.25, -0.2) is 0 Å². The average molecular weight is 201 g/mol. The number of aldehydes is 1. The maximum absolute atomic E-state index is 9.94. The van der Waals surface area contributed by atoms with Crippen molar-refractivity contribution in [1.82, 2.24) is 4.90 Å². The fourth-order valence-corrected chi connectivity index (χ4v) is 0.523. The quantitative estimate of drug-likeness (QED) is 0.412. The lowest BCUT2D eigenvalue weighted by Gasteiger charge is -1.90. The van der Waals surface area contributed by atoms with E-state index in [1.165, 1.54) is 6.08 Å². The number of allylic oxidation sites excluding steroid dienone is 2. The smallest absolute Gasteiger partial charge is 0.303 e. The van der Waals surface area contributed by atoms with Crippen LogP contribution in [0.15, 0.2) is 12.2 Å². The van der Waals surface area contributed by atoms with Crippen LogP contribution in [-0.2, 0) is 9.59 Å². The molecule has 0 atom stereocenters. The van der Waals surface area contributed by atoms with Gasteiger partial charge in [0.2, 0.25) is 0 Å². The SMILES string of the molecule is CN(C)C.O=C/C=C/CCCC(=O)O. The number of hydrogen-bond acceptors (Lipinski definition) is 3. The normalized spacial score (nSPS) is 9.71. The second-order valence-corrected chi connectivity index (χ2v) is 3.19. The molecule has 4 heteroatoms. The van der Waals surface area contributed by atoms with E-state index in [4.69, 9.17) is 5.11 Å². The molecule has 0 aromatic carbocycles. The van der Waals surface area contributed by atoms with Crippen LogP contribution in [0, 0.1) is 0 Å². The van der Waals surface area contributed by atoms with Gasteiger partial charge >= 0.3 is 5.97 Å². The van der Waals surface area contributed by atoms with Crippen molar-refractivity contribution >= 4 is 12.3 Å². The summed E-state index contributed by atoms with van der Waals surface area (Å²) < 4.78 is 0. The highest BCUT2D eigenvalue weighted by atomic mass is 16.4. The number of rotatable bonds is 5. The number of nitrogens with zero attached hydrogens (tertiary/aromatic N) is 1. The maximum Gasteiger partial charge on any atom is 0.303 e. The zero-order valence-electron chi connectivity index (χ0n) is 9.06. The molecule has 0 aliphatic rings. The third-order valence-electron chi connectivity index (χ3n) is 0.976. The molecule has 82 valence electrons. The van der Waals surface area contributed by atoms with Crippen molar-refractivity contribution in [1.29, 1.82) is 0 Å². The van der Waals surface area contributed by atoms with Crippen LogP contribution in [0.25, 0.3) is 0 Å². The molecule has 0 aliphatic carbocycles. The van der Waals surface area contributed by atoms with Gasteiger partial charge in [0.25, 0.3) is 0 Å². The summed E-state index contributed by atoms with van der Waals surface area (Å²) in [5, 5.41) is 8.18. The van der Waals surface area contributed by atoms with E-state index in [-0.39, 0.29) is 6.42 Å². The van der Waals surface area contributed by atoms with Crippen molar-refractivity contribution in [2.24, 2.45) is 0 Å². The van der Waals surface area contributed by atoms with Crippen LogP contribution in [0.2, 0.25) is 0 Å². The molecule has 4 nitrogen and oxygen atoms in total. The highest BCUT2D eigenvalue weighted by Gasteiger charge is 1.92. The van der Waals surface area contributed by atoms with Gasteiger partial charge in [0, 0.05) is 6.42 Å². The highest BCUT2D eigenvalue weighted by Crippen LogP contribution is 1.95. The zero-order valence-corrected chi connectivity index (χ0v) is 9.06. The van der Waals surface area contributed by atoms with Crippen LogP contribution in [-0.4, -0.2) is 43.4 Å². The van der Waals surface area contributed by atoms with Gasteiger partial charge in [0.15, 0.2) is 0 Å². The summed E-state index contributed by atoms with van der Waals surface area (Å²) in [6.07, 6.45) is 5.15. The number of aliphatic carboxylic acids is 1. The Balaban J connectivity index is 0. The molecular formula is C10H19NO3. The summed E-state index contributed by atoms with van der Waals surface area (Å²) in [7, 11) is 6.00. The monoisotopic (exact) mass is 201 g/mol. The van der Waals surface area contributed by atoms with Crippen molar-refractivity contribution in [3.05, 3.63) is 12.2 Å². The van der Waals surface area contributed by atoms with Gasteiger partial charge < -0.3 is 10.0 Å². The lowest BCUT2D eigenvalue weighted by molar-refractivity contribution is -0.137. The zero-order chi connectivity index (χ0) is 11.4. The lowest BCUT2D eigenvalue weighted by atomic mass is 10.2. The first-order valence-electron chi connectivity index (χ1n) is 4.43. The van der Waals surface area contributed by atoms with Crippen LogP contribution in [0.3, 0.4) is 0 Å². The highest BCUT2D eigenvalue weighted by molar-refractivity contribution is 5.66.